The van der Waals surface area contributed by atoms with Gasteiger partial charge in [0.1, 0.15) is 17.3 Å². The first kappa shape index (κ1) is 17.2. The van der Waals surface area contributed by atoms with Crippen LogP contribution in [0.3, 0.4) is 0 Å². The molecule has 128 valence electrons. The summed E-state index contributed by atoms with van der Waals surface area (Å²) >= 11 is 5.97. The molecule has 7 nitrogen and oxygen atoms in total. The fourth-order valence-corrected chi connectivity index (χ4v) is 4.17. The standard InChI is InChI=1S/C16H14ClN5O2S/c1-2-15-19-20-16-14(7-4-9-21(15)16)25(23,24)22(10-8-18)13-6-3-5-12(17)11-13/h3-7,9,11H,2,10H2,1H3. The van der Waals surface area contributed by atoms with Gasteiger partial charge in [-0.05, 0) is 30.3 Å². The van der Waals surface area contributed by atoms with Gasteiger partial charge in [-0.15, -0.1) is 10.2 Å². The maximum absolute atomic E-state index is 13.2. The van der Waals surface area contributed by atoms with Crippen LogP contribution in [0.1, 0.15) is 12.7 Å². The monoisotopic (exact) mass is 375 g/mol. The third-order valence-corrected chi connectivity index (χ3v) is 5.69. The average Bonchev–Trinajstić information content (AvgIpc) is 3.02. The first-order valence-electron chi connectivity index (χ1n) is 7.47. The highest BCUT2D eigenvalue weighted by atomic mass is 35.5. The number of halogens is 1. The summed E-state index contributed by atoms with van der Waals surface area (Å²) in [5, 5.41) is 17.5. The van der Waals surface area contributed by atoms with E-state index in [1.54, 1.807) is 34.9 Å². The van der Waals surface area contributed by atoms with Gasteiger partial charge in [0.15, 0.2) is 5.65 Å². The van der Waals surface area contributed by atoms with Gasteiger partial charge in [-0.25, -0.2) is 8.42 Å². The Hall–Kier alpha value is -2.63. The Labute approximate surface area is 150 Å². The van der Waals surface area contributed by atoms with Gasteiger partial charge in [-0.1, -0.05) is 24.6 Å². The number of hydrogen-bond acceptors (Lipinski definition) is 5. The topological polar surface area (TPSA) is 91.4 Å². The highest BCUT2D eigenvalue weighted by Gasteiger charge is 2.28. The van der Waals surface area contributed by atoms with E-state index in [2.05, 4.69) is 10.2 Å². The second-order valence-corrected chi connectivity index (χ2v) is 7.45. The quantitative estimate of drug-likeness (QED) is 0.639. The lowest BCUT2D eigenvalue weighted by Crippen LogP contribution is -2.31. The van der Waals surface area contributed by atoms with Crippen molar-refractivity contribution in [3.63, 3.8) is 0 Å². The molecule has 0 aliphatic heterocycles. The smallest absolute Gasteiger partial charge is 0.269 e. The van der Waals surface area contributed by atoms with Gasteiger partial charge in [0.25, 0.3) is 10.0 Å². The minimum Gasteiger partial charge on any atom is -0.285 e. The predicted molar refractivity (Wildman–Crippen MR) is 94.0 cm³/mol. The third-order valence-electron chi connectivity index (χ3n) is 3.66. The second-order valence-electron chi connectivity index (χ2n) is 5.19. The number of nitrogens with zero attached hydrogens (tertiary/aromatic N) is 5. The van der Waals surface area contributed by atoms with Crippen molar-refractivity contribution in [2.75, 3.05) is 10.8 Å². The number of aromatic nitrogens is 3. The summed E-state index contributed by atoms with van der Waals surface area (Å²) in [7, 11) is -4.03. The molecule has 0 spiro atoms. The van der Waals surface area contributed by atoms with Crippen molar-refractivity contribution in [2.24, 2.45) is 0 Å². The summed E-state index contributed by atoms with van der Waals surface area (Å²) < 4.78 is 29.0. The number of sulfonamides is 1. The van der Waals surface area contributed by atoms with E-state index in [0.717, 1.165) is 4.31 Å². The summed E-state index contributed by atoms with van der Waals surface area (Å²) in [4.78, 5) is -0.0163. The van der Waals surface area contributed by atoms with Crippen molar-refractivity contribution in [3.05, 3.63) is 53.4 Å². The molecule has 0 fully saturated rings. The maximum atomic E-state index is 13.2. The molecule has 0 N–H and O–H groups in total. The first-order chi connectivity index (χ1) is 12.0. The normalized spacial score (nSPS) is 11.4. The van der Waals surface area contributed by atoms with Crippen LogP contribution in [0.2, 0.25) is 5.02 Å². The molecule has 0 aliphatic carbocycles. The molecule has 2 heterocycles. The van der Waals surface area contributed by atoms with Crippen LogP contribution in [-0.4, -0.2) is 29.6 Å². The number of anilines is 1. The van der Waals surface area contributed by atoms with E-state index in [-0.39, 0.29) is 17.1 Å². The zero-order valence-corrected chi connectivity index (χ0v) is 14.9. The fourth-order valence-electron chi connectivity index (χ4n) is 2.51. The Balaban J connectivity index is 2.20. The minimum absolute atomic E-state index is 0.0163. The van der Waals surface area contributed by atoms with Crippen molar-refractivity contribution in [1.29, 1.82) is 5.26 Å². The number of aryl methyl sites for hydroxylation is 1. The zero-order valence-electron chi connectivity index (χ0n) is 13.3. The Morgan fingerprint density at radius 2 is 2.08 bits per heavy atom. The number of hydrogen-bond donors (Lipinski definition) is 0. The summed E-state index contributed by atoms with van der Waals surface area (Å²) in [6.07, 6.45) is 2.32. The molecule has 0 aliphatic rings. The molecule has 0 atom stereocenters. The summed E-state index contributed by atoms with van der Waals surface area (Å²) in [5.74, 6) is 0.654. The second kappa shape index (κ2) is 6.70. The van der Waals surface area contributed by atoms with Crippen LogP contribution >= 0.6 is 11.6 Å². The molecule has 1 aromatic carbocycles. The van der Waals surface area contributed by atoms with E-state index in [9.17, 15) is 8.42 Å². The minimum atomic E-state index is -4.03. The first-order valence-corrected chi connectivity index (χ1v) is 9.28. The van der Waals surface area contributed by atoms with Gasteiger partial charge >= 0.3 is 0 Å². The molecule has 3 aromatic rings. The van der Waals surface area contributed by atoms with E-state index in [1.165, 1.54) is 12.1 Å². The molecule has 9 heteroatoms. The van der Waals surface area contributed by atoms with Crippen molar-refractivity contribution >= 4 is 33.0 Å². The molecule has 0 saturated carbocycles. The van der Waals surface area contributed by atoms with Crippen LogP contribution in [0.4, 0.5) is 5.69 Å². The Morgan fingerprint density at radius 1 is 1.28 bits per heavy atom. The van der Waals surface area contributed by atoms with E-state index < -0.39 is 10.0 Å². The van der Waals surface area contributed by atoms with Crippen LogP contribution in [-0.2, 0) is 16.4 Å². The average molecular weight is 376 g/mol. The predicted octanol–water partition coefficient (Wildman–Crippen LogP) is 2.66. The van der Waals surface area contributed by atoms with Crippen LogP contribution in [0.5, 0.6) is 0 Å². The van der Waals surface area contributed by atoms with Crippen molar-refractivity contribution in [1.82, 2.24) is 14.6 Å². The molecule has 0 saturated heterocycles. The van der Waals surface area contributed by atoms with Gasteiger partial charge in [0.2, 0.25) is 0 Å². The lowest BCUT2D eigenvalue weighted by atomic mass is 10.3. The van der Waals surface area contributed by atoms with E-state index in [1.807, 2.05) is 13.0 Å². The molecular weight excluding hydrogens is 362 g/mol. The zero-order chi connectivity index (χ0) is 18.0. The van der Waals surface area contributed by atoms with Crippen molar-refractivity contribution < 1.29 is 8.42 Å². The van der Waals surface area contributed by atoms with E-state index in [0.29, 0.717) is 23.0 Å². The van der Waals surface area contributed by atoms with Crippen molar-refractivity contribution in [3.8, 4) is 6.07 Å². The molecular formula is C16H14ClN5O2S. The lowest BCUT2D eigenvalue weighted by molar-refractivity contribution is 0.593. The highest BCUT2D eigenvalue weighted by molar-refractivity contribution is 7.93. The number of pyridine rings is 1. The summed E-state index contributed by atoms with van der Waals surface area (Å²) in [5.41, 5.74) is 0.538. The number of nitriles is 1. The molecule has 0 bridgehead atoms. The molecule has 3 rings (SSSR count). The Morgan fingerprint density at radius 3 is 2.76 bits per heavy atom. The summed E-state index contributed by atoms with van der Waals surface area (Å²) in [6.45, 7) is 1.56. The molecule has 25 heavy (non-hydrogen) atoms. The van der Waals surface area contributed by atoms with Gasteiger partial charge < -0.3 is 0 Å². The molecule has 0 radical (unpaired) electrons. The Kier molecular flexibility index (Phi) is 4.61. The SMILES string of the molecule is CCc1nnc2c(S(=O)(=O)N(CC#N)c3cccc(Cl)c3)cccn12. The largest absolute Gasteiger partial charge is 0.285 e. The molecule has 2 aromatic heterocycles. The van der Waals surface area contributed by atoms with Crippen LogP contribution in [0, 0.1) is 11.3 Å². The van der Waals surface area contributed by atoms with Crippen LogP contribution in [0.25, 0.3) is 5.65 Å². The van der Waals surface area contributed by atoms with E-state index >= 15 is 0 Å². The molecule has 0 amide bonds. The van der Waals surface area contributed by atoms with E-state index in [4.69, 9.17) is 16.9 Å². The van der Waals surface area contributed by atoms with Gasteiger partial charge in [0.05, 0.1) is 11.8 Å². The van der Waals surface area contributed by atoms with Gasteiger partial charge in [0, 0.05) is 17.6 Å². The highest BCUT2D eigenvalue weighted by Crippen LogP contribution is 2.27. The summed E-state index contributed by atoms with van der Waals surface area (Å²) in [6, 6.07) is 11.3. The number of fused-ring (bicyclic) bond motifs is 1. The number of benzene rings is 1. The fraction of sp³-hybridized carbons (Fsp3) is 0.188. The van der Waals surface area contributed by atoms with Crippen LogP contribution in [0.15, 0.2) is 47.5 Å². The molecule has 0 unspecified atom stereocenters. The van der Waals surface area contributed by atoms with Gasteiger partial charge in [-0.2, -0.15) is 5.26 Å². The lowest BCUT2D eigenvalue weighted by Gasteiger charge is -2.22. The van der Waals surface area contributed by atoms with Crippen molar-refractivity contribution in [2.45, 2.75) is 18.2 Å². The Bertz CT molecular complexity index is 1070. The number of rotatable bonds is 5. The third kappa shape index (κ3) is 3.04. The van der Waals surface area contributed by atoms with Gasteiger partial charge in [-0.3, -0.25) is 8.71 Å². The van der Waals surface area contributed by atoms with Crippen LogP contribution < -0.4 is 4.31 Å². The maximum Gasteiger partial charge on any atom is 0.269 e.